The minimum atomic E-state index is -0.264. The maximum absolute atomic E-state index is 6.12. The van der Waals surface area contributed by atoms with Crippen LogP contribution in [0.1, 0.15) is 25.8 Å². The van der Waals surface area contributed by atoms with E-state index < -0.39 is 0 Å². The third-order valence-electron chi connectivity index (χ3n) is 3.55. The Balaban J connectivity index is 2.18. The number of hydrogen-bond donors (Lipinski definition) is 1. The number of ether oxygens (including phenoxy) is 2. The molecule has 1 aromatic carbocycles. The van der Waals surface area contributed by atoms with Gasteiger partial charge in [0.1, 0.15) is 6.10 Å². The number of rotatable bonds is 5. The highest BCUT2D eigenvalue weighted by Crippen LogP contribution is 2.34. The fraction of sp³-hybridized carbons (Fsp3) is 0.625. The Morgan fingerprint density at radius 2 is 2.15 bits per heavy atom. The van der Waals surface area contributed by atoms with E-state index in [-0.39, 0.29) is 11.6 Å². The number of likely N-dealkylation sites (tertiary alicyclic amines) is 1. The van der Waals surface area contributed by atoms with E-state index in [0.29, 0.717) is 0 Å². The molecule has 4 nitrogen and oxygen atoms in total. The van der Waals surface area contributed by atoms with Crippen LogP contribution < -0.4 is 15.2 Å². The summed E-state index contributed by atoms with van der Waals surface area (Å²) in [5.41, 5.74) is 6.96. The van der Waals surface area contributed by atoms with E-state index in [9.17, 15) is 0 Å². The predicted molar refractivity (Wildman–Crippen MR) is 81.5 cm³/mol. The summed E-state index contributed by atoms with van der Waals surface area (Å²) in [6.45, 7) is 6.09. The molecule has 112 valence electrons. The zero-order valence-electron chi connectivity index (χ0n) is 13.0. The highest BCUT2D eigenvalue weighted by atomic mass is 16.5. The van der Waals surface area contributed by atoms with Gasteiger partial charge in [0.05, 0.1) is 7.11 Å². The summed E-state index contributed by atoms with van der Waals surface area (Å²) in [5, 5.41) is 0. The van der Waals surface area contributed by atoms with Crippen LogP contribution in [0.4, 0.5) is 0 Å². The van der Waals surface area contributed by atoms with E-state index in [1.165, 1.54) is 0 Å². The van der Waals surface area contributed by atoms with Gasteiger partial charge in [-0.1, -0.05) is 12.1 Å². The summed E-state index contributed by atoms with van der Waals surface area (Å²) in [5.74, 6) is 1.65. The SMILES string of the molecule is COc1c(CC(C)(C)N)cccc1OC1CCN(C)C1. The first-order chi connectivity index (χ1) is 9.39. The normalized spacial score (nSPS) is 20.1. The average Bonchev–Trinajstić information content (AvgIpc) is 2.73. The molecule has 1 unspecified atom stereocenters. The van der Waals surface area contributed by atoms with Crippen molar-refractivity contribution in [2.45, 2.75) is 38.3 Å². The number of nitrogens with zero attached hydrogens (tertiary/aromatic N) is 1. The molecule has 0 aromatic heterocycles. The summed E-state index contributed by atoms with van der Waals surface area (Å²) < 4.78 is 11.7. The lowest BCUT2D eigenvalue weighted by molar-refractivity contribution is 0.199. The molecule has 0 bridgehead atoms. The van der Waals surface area contributed by atoms with E-state index >= 15 is 0 Å². The molecular weight excluding hydrogens is 252 g/mol. The summed E-state index contributed by atoms with van der Waals surface area (Å²) in [7, 11) is 3.81. The lowest BCUT2D eigenvalue weighted by Gasteiger charge is -2.22. The van der Waals surface area contributed by atoms with Crippen LogP contribution in [0.2, 0.25) is 0 Å². The van der Waals surface area contributed by atoms with E-state index in [2.05, 4.69) is 18.0 Å². The molecule has 0 amide bonds. The fourth-order valence-corrected chi connectivity index (χ4v) is 2.69. The quantitative estimate of drug-likeness (QED) is 0.895. The zero-order chi connectivity index (χ0) is 14.8. The summed E-state index contributed by atoms with van der Waals surface area (Å²) in [6, 6.07) is 6.04. The molecule has 0 aliphatic carbocycles. The third kappa shape index (κ3) is 3.87. The van der Waals surface area contributed by atoms with Crippen LogP contribution in [-0.2, 0) is 6.42 Å². The number of hydrogen-bond acceptors (Lipinski definition) is 4. The van der Waals surface area contributed by atoms with Gasteiger partial charge >= 0.3 is 0 Å². The molecule has 1 aliphatic rings. The van der Waals surface area contributed by atoms with Gasteiger partial charge in [0.2, 0.25) is 0 Å². The number of likely N-dealkylation sites (N-methyl/N-ethyl adjacent to an activating group) is 1. The molecule has 2 N–H and O–H groups in total. The maximum Gasteiger partial charge on any atom is 0.163 e. The van der Waals surface area contributed by atoms with Crippen LogP contribution in [0, 0.1) is 0 Å². The monoisotopic (exact) mass is 278 g/mol. The van der Waals surface area contributed by atoms with Gasteiger partial charge in [-0.15, -0.1) is 0 Å². The maximum atomic E-state index is 6.12. The van der Waals surface area contributed by atoms with Gasteiger partial charge in [-0.2, -0.15) is 0 Å². The van der Waals surface area contributed by atoms with Gasteiger partial charge in [-0.3, -0.25) is 0 Å². The Bertz CT molecular complexity index is 454. The minimum absolute atomic E-state index is 0.245. The minimum Gasteiger partial charge on any atom is -0.493 e. The third-order valence-corrected chi connectivity index (χ3v) is 3.55. The number of para-hydroxylation sites is 1. The van der Waals surface area contributed by atoms with Crippen molar-refractivity contribution in [2.75, 3.05) is 27.2 Å². The van der Waals surface area contributed by atoms with Crippen LogP contribution in [0.5, 0.6) is 11.5 Å². The van der Waals surface area contributed by atoms with Crippen LogP contribution >= 0.6 is 0 Å². The molecule has 0 radical (unpaired) electrons. The van der Waals surface area contributed by atoms with Gasteiger partial charge in [-0.05, 0) is 45.4 Å². The molecule has 1 aliphatic heterocycles. The topological polar surface area (TPSA) is 47.7 Å². The first kappa shape index (κ1) is 15.1. The van der Waals surface area contributed by atoms with E-state index in [1.807, 2.05) is 26.0 Å². The number of nitrogens with two attached hydrogens (primary N) is 1. The van der Waals surface area contributed by atoms with Crippen molar-refractivity contribution in [3.8, 4) is 11.5 Å². The average molecular weight is 278 g/mol. The van der Waals surface area contributed by atoms with E-state index in [4.69, 9.17) is 15.2 Å². The smallest absolute Gasteiger partial charge is 0.163 e. The van der Waals surface area contributed by atoms with Crippen molar-refractivity contribution in [3.05, 3.63) is 23.8 Å². The predicted octanol–water partition coefficient (Wildman–Crippen LogP) is 2.06. The van der Waals surface area contributed by atoms with Crippen molar-refractivity contribution < 1.29 is 9.47 Å². The summed E-state index contributed by atoms with van der Waals surface area (Å²) in [6.07, 6.45) is 2.07. The molecule has 1 heterocycles. The molecule has 4 heteroatoms. The Hall–Kier alpha value is -1.26. The molecule has 2 rings (SSSR count). The Kier molecular flexibility index (Phi) is 4.55. The van der Waals surface area contributed by atoms with Gasteiger partial charge in [0.25, 0.3) is 0 Å². The van der Waals surface area contributed by atoms with E-state index in [0.717, 1.165) is 43.0 Å². The molecule has 1 fully saturated rings. The second kappa shape index (κ2) is 6.02. The molecule has 1 aromatic rings. The van der Waals surface area contributed by atoms with Crippen molar-refractivity contribution >= 4 is 0 Å². The van der Waals surface area contributed by atoms with Crippen LogP contribution in [0.25, 0.3) is 0 Å². The van der Waals surface area contributed by atoms with Gasteiger partial charge in [0.15, 0.2) is 11.5 Å². The lowest BCUT2D eigenvalue weighted by Crippen LogP contribution is -2.34. The molecule has 1 saturated heterocycles. The molecule has 20 heavy (non-hydrogen) atoms. The highest BCUT2D eigenvalue weighted by molar-refractivity contribution is 5.47. The Morgan fingerprint density at radius 1 is 1.40 bits per heavy atom. The molecular formula is C16H26N2O2. The lowest BCUT2D eigenvalue weighted by atomic mass is 9.95. The highest BCUT2D eigenvalue weighted by Gasteiger charge is 2.23. The second-order valence-corrected chi connectivity index (χ2v) is 6.40. The van der Waals surface area contributed by atoms with E-state index in [1.54, 1.807) is 7.11 Å². The van der Waals surface area contributed by atoms with Crippen LogP contribution in [-0.4, -0.2) is 43.8 Å². The molecule has 0 spiro atoms. The van der Waals surface area contributed by atoms with Gasteiger partial charge < -0.3 is 20.1 Å². The largest absolute Gasteiger partial charge is 0.493 e. The van der Waals surface area contributed by atoms with Crippen molar-refractivity contribution in [1.82, 2.24) is 4.90 Å². The van der Waals surface area contributed by atoms with Crippen molar-refractivity contribution in [1.29, 1.82) is 0 Å². The van der Waals surface area contributed by atoms with Crippen LogP contribution in [0.3, 0.4) is 0 Å². The van der Waals surface area contributed by atoms with Gasteiger partial charge in [0, 0.05) is 18.6 Å². The first-order valence-corrected chi connectivity index (χ1v) is 7.19. The second-order valence-electron chi connectivity index (χ2n) is 6.40. The van der Waals surface area contributed by atoms with Gasteiger partial charge in [-0.25, -0.2) is 0 Å². The Labute approximate surface area is 121 Å². The van der Waals surface area contributed by atoms with Crippen molar-refractivity contribution in [3.63, 3.8) is 0 Å². The van der Waals surface area contributed by atoms with Crippen molar-refractivity contribution in [2.24, 2.45) is 5.73 Å². The summed E-state index contributed by atoms with van der Waals surface area (Å²) >= 11 is 0. The summed E-state index contributed by atoms with van der Waals surface area (Å²) in [4.78, 5) is 2.28. The fourth-order valence-electron chi connectivity index (χ4n) is 2.69. The Morgan fingerprint density at radius 3 is 2.70 bits per heavy atom. The number of benzene rings is 1. The van der Waals surface area contributed by atoms with Crippen LogP contribution in [0.15, 0.2) is 18.2 Å². The first-order valence-electron chi connectivity index (χ1n) is 7.19. The molecule has 1 atom stereocenters. The number of methoxy groups -OCH3 is 1. The molecule has 0 saturated carbocycles. The standard InChI is InChI=1S/C16H26N2O2/c1-16(2,17)10-12-6-5-7-14(15(12)19-4)20-13-8-9-18(3)11-13/h5-7,13H,8-11,17H2,1-4H3. The zero-order valence-corrected chi connectivity index (χ0v) is 13.0.